The molecule has 3 fully saturated rings. The Balaban J connectivity index is 1.68. The van der Waals surface area contributed by atoms with Gasteiger partial charge in [0.1, 0.15) is 0 Å². The first-order chi connectivity index (χ1) is 9.21. The minimum Gasteiger partial charge on any atom is -0.286 e. The first-order valence-electron chi connectivity index (χ1n) is 7.78. The third kappa shape index (κ3) is 2.42. The van der Waals surface area contributed by atoms with Crippen LogP contribution < -0.4 is 0 Å². The lowest BCUT2D eigenvalue weighted by atomic mass is 9.73. The fraction of sp³-hybridized carbons (Fsp3) is 0.867. The Labute approximate surface area is 115 Å². The molecule has 19 heavy (non-hydrogen) atoms. The van der Waals surface area contributed by atoms with Gasteiger partial charge in [0.05, 0.1) is 12.1 Å². The van der Waals surface area contributed by atoms with E-state index in [-0.39, 0.29) is 17.2 Å². The molecule has 4 heteroatoms. The van der Waals surface area contributed by atoms with Gasteiger partial charge in [-0.15, -0.1) is 0 Å². The molecule has 1 saturated carbocycles. The molecule has 0 N–H and O–H groups in total. The number of nitrogens with zero attached hydrogens (tertiary/aromatic N) is 2. The van der Waals surface area contributed by atoms with Gasteiger partial charge < -0.3 is 0 Å². The maximum Gasteiger partial charge on any atom is 0.237 e. The van der Waals surface area contributed by atoms with Gasteiger partial charge in [-0.1, -0.05) is 25.7 Å². The van der Waals surface area contributed by atoms with E-state index in [1.54, 1.807) is 4.90 Å². The Morgan fingerprint density at radius 3 is 2.21 bits per heavy atom. The van der Waals surface area contributed by atoms with Gasteiger partial charge in [0, 0.05) is 6.42 Å². The van der Waals surface area contributed by atoms with Crippen LogP contribution in [-0.2, 0) is 9.59 Å². The minimum absolute atomic E-state index is 0.0671. The van der Waals surface area contributed by atoms with Crippen molar-refractivity contribution in [3.8, 4) is 0 Å². The van der Waals surface area contributed by atoms with Gasteiger partial charge in [0.25, 0.3) is 0 Å². The molecule has 2 heterocycles. The topological polar surface area (TPSA) is 40.6 Å². The van der Waals surface area contributed by atoms with Gasteiger partial charge in [-0.3, -0.25) is 19.4 Å². The smallest absolute Gasteiger partial charge is 0.237 e. The quantitative estimate of drug-likeness (QED) is 0.717. The van der Waals surface area contributed by atoms with Crippen molar-refractivity contribution < 1.29 is 9.59 Å². The predicted octanol–water partition coefficient (Wildman–Crippen LogP) is 2.14. The van der Waals surface area contributed by atoms with Crippen LogP contribution in [0.25, 0.3) is 0 Å². The fourth-order valence-corrected chi connectivity index (χ4v) is 3.92. The van der Waals surface area contributed by atoms with Crippen LogP contribution in [0, 0.1) is 5.41 Å². The molecule has 0 aromatic carbocycles. The molecule has 1 aliphatic carbocycles. The van der Waals surface area contributed by atoms with E-state index < -0.39 is 0 Å². The zero-order valence-corrected chi connectivity index (χ0v) is 11.7. The van der Waals surface area contributed by atoms with Crippen molar-refractivity contribution in [3.05, 3.63) is 0 Å². The maximum absolute atomic E-state index is 12.6. The highest BCUT2D eigenvalue weighted by atomic mass is 16.2. The van der Waals surface area contributed by atoms with Gasteiger partial charge >= 0.3 is 0 Å². The summed E-state index contributed by atoms with van der Waals surface area (Å²) in [5.41, 5.74) is -0.314. The molecule has 3 rings (SSSR count). The van der Waals surface area contributed by atoms with E-state index in [0.29, 0.717) is 13.1 Å². The number of rotatable bonds is 2. The molecule has 0 aromatic heterocycles. The van der Waals surface area contributed by atoms with E-state index in [9.17, 15) is 9.59 Å². The molecule has 2 aliphatic heterocycles. The number of carbonyl (C=O) groups excluding carboxylic acids is 2. The number of piperidine rings is 1. The maximum atomic E-state index is 12.6. The van der Waals surface area contributed by atoms with Gasteiger partial charge in [-0.2, -0.15) is 0 Å². The number of hydrogen-bond acceptors (Lipinski definition) is 3. The van der Waals surface area contributed by atoms with E-state index in [1.807, 2.05) is 0 Å². The second kappa shape index (κ2) is 5.23. The van der Waals surface area contributed by atoms with E-state index >= 15 is 0 Å². The molecular formula is C15H24N2O2. The highest BCUT2D eigenvalue weighted by Crippen LogP contribution is 2.45. The summed E-state index contributed by atoms with van der Waals surface area (Å²) in [6.07, 6.45) is 9.43. The lowest BCUT2D eigenvalue weighted by Gasteiger charge is -2.33. The summed E-state index contributed by atoms with van der Waals surface area (Å²) in [7, 11) is 0. The Kier molecular flexibility index (Phi) is 3.61. The van der Waals surface area contributed by atoms with Crippen molar-refractivity contribution in [1.29, 1.82) is 0 Å². The Hall–Kier alpha value is -0.900. The fourth-order valence-electron chi connectivity index (χ4n) is 3.92. The van der Waals surface area contributed by atoms with Crippen LogP contribution in [0.2, 0.25) is 0 Å². The number of amides is 2. The van der Waals surface area contributed by atoms with Crippen LogP contribution >= 0.6 is 0 Å². The average Bonchev–Trinajstić information content (AvgIpc) is 2.66. The first-order valence-corrected chi connectivity index (χ1v) is 7.78. The van der Waals surface area contributed by atoms with Crippen molar-refractivity contribution in [3.63, 3.8) is 0 Å². The molecular weight excluding hydrogens is 240 g/mol. The first kappa shape index (κ1) is 13.1. The normalized spacial score (nSPS) is 28.3. The molecule has 0 radical (unpaired) electrons. The Morgan fingerprint density at radius 2 is 1.53 bits per heavy atom. The van der Waals surface area contributed by atoms with Crippen molar-refractivity contribution in [2.24, 2.45) is 5.41 Å². The van der Waals surface area contributed by atoms with E-state index in [4.69, 9.17) is 0 Å². The molecule has 3 aliphatic rings. The average molecular weight is 264 g/mol. The number of hydrogen-bond donors (Lipinski definition) is 0. The summed E-state index contributed by atoms with van der Waals surface area (Å²) < 4.78 is 0. The van der Waals surface area contributed by atoms with Crippen LogP contribution in [0.3, 0.4) is 0 Å². The van der Waals surface area contributed by atoms with Crippen LogP contribution in [0.1, 0.15) is 57.8 Å². The number of carbonyl (C=O) groups is 2. The van der Waals surface area contributed by atoms with E-state index in [0.717, 1.165) is 38.8 Å². The molecule has 0 atom stereocenters. The van der Waals surface area contributed by atoms with Gasteiger partial charge in [0.15, 0.2) is 0 Å². The summed E-state index contributed by atoms with van der Waals surface area (Å²) in [5.74, 6) is 0.195. The van der Waals surface area contributed by atoms with E-state index in [1.165, 1.54) is 25.7 Å². The molecule has 0 bridgehead atoms. The van der Waals surface area contributed by atoms with Crippen molar-refractivity contribution in [2.75, 3.05) is 19.8 Å². The van der Waals surface area contributed by atoms with Gasteiger partial charge in [0.2, 0.25) is 11.8 Å². The second-order valence-electron chi connectivity index (χ2n) is 6.46. The lowest BCUT2D eigenvalue weighted by molar-refractivity contribution is -0.144. The SMILES string of the molecule is O=C1CC2(CCCCC2)C(=O)N1CN1CCCCC1. The zero-order valence-electron chi connectivity index (χ0n) is 11.7. The van der Waals surface area contributed by atoms with Crippen molar-refractivity contribution >= 4 is 11.8 Å². The predicted molar refractivity (Wildman–Crippen MR) is 72.3 cm³/mol. The summed E-state index contributed by atoms with van der Waals surface area (Å²) in [4.78, 5) is 28.7. The van der Waals surface area contributed by atoms with Gasteiger partial charge in [-0.25, -0.2) is 0 Å². The monoisotopic (exact) mass is 264 g/mol. The summed E-state index contributed by atoms with van der Waals surface area (Å²) in [5, 5.41) is 0. The Morgan fingerprint density at radius 1 is 0.895 bits per heavy atom. The van der Waals surface area contributed by atoms with Crippen LogP contribution in [0.15, 0.2) is 0 Å². The number of imide groups is 1. The molecule has 2 amide bonds. The molecule has 106 valence electrons. The standard InChI is InChI=1S/C15H24N2O2/c18-13-11-15(7-3-1-4-8-15)14(19)17(13)12-16-9-5-2-6-10-16/h1-12H2. The molecule has 2 saturated heterocycles. The Bertz CT molecular complexity index is 368. The second-order valence-corrected chi connectivity index (χ2v) is 6.46. The molecule has 1 spiro atoms. The van der Waals surface area contributed by atoms with Crippen LogP contribution in [0.4, 0.5) is 0 Å². The summed E-state index contributed by atoms with van der Waals surface area (Å²) in [6.45, 7) is 2.60. The van der Waals surface area contributed by atoms with Gasteiger partial charge in [-0.05, 0) is 38.8 Å². The highest BCUT2D eigenvalue weighted by molar-refractivity contribution is 6.05. The highest BCUT2D eigenvalue weighted by Gasteiger charge is 2.51. The van der Waals surface area contributed by atoms with Crippen molar-refractivity contribution in [1.82, 2.24) is 9.80 Å². The third-order valence-corrected chi connectivity index (χ3v) is 5.09. The van der Waals surface area contributed by atoms with E-state index in [2.05, 4.69) is 4.90 Å². The van der Waals surface area contributed by atoms with Crippen molar-refractivity contribution in [2.45, 2.75) is 57.8 Å². The van der Waals surface area contributed by atoms with Crippen LogP contribution in [-0.4, -0.2) is 41.4 Å². The molecule has 4 nitrogen and oxygen atoms in total. The third-order valence-electron chi connectivity index (χ3n) is 5.09. The largest absolute Gasteiger partial charge is 0.286 e. The number of likely N-dealkylation sites (tertiary alicyclic amines) is 2. The zero-order chi connectivity index (χ0) is 13.3. The van der Waals surface area contributed by atoms with Crippen LogP contribution in [0.5, 0.6) is 0 Å². The molecule has 0 aromatic rings. The molecule has 0 unspecified atom stereocenters. The minimum atomic E-state index is -0.314. The lowest BCUT2D eigenvalue weighted by Crippen LogP contribution is -2.45. The summed E-state index contributed by atoms with van der Waals surface area (Å²) >= 11 is 0. The summed E-state index contributed by atoms with van der Waals surface area (Å²) in [6, 6.07) is 0.